The first-order valence-electron chi connectivity index (χ1n) is 6.40. The van der Waals surface area contributed by atoms with Crippen molar-refractivity contribution >= 4 is 0 Å². The van der Waals surface area contributed by atoms with E-state index in [1.165, 1.54) is 6.07 Å². The summed E-state index contributed by atoms with van der Waals surface area (Å²) in [6.45, 7) is 2.96. The lowest BCUT2D eigenvalue weighted by atomic mass is 10.0. The summed E-state index contributed by atoms with van der Waals surface area (Å²) in [5.41, 5.74) is 3.31. The molecule has 0 bridgehead atoms. The fourth-order valence-electron chi connectivity index (χ4n) is 2.61. The van der Waals surface area contributed by atoms with E-state index in [0.29, 0.717) is 11.3 Å². The van der Waals surface area contributed by atoms with Crippen molar-refractivity contribution in [2.45, 2.75) is 25.8 Å². The highest BCUT2D eigenvalue weighted by Gasteiger charge is 2.22. The first-order chi connectivity index (χ1) is 9.16. The minimum absolute atomic E-state index is 0.284. The molecule has 1 atom stereocenters. The Hall–Kier alpha value is -1.75. The molecule has 2 heterocycles. The summed E-state index contributed by atoms with van der Waals surface area (Å²) in [5.74, 6) is -1.69. The zero-order chi connectivity index (χ0) is 13.4. The molecule has 19 heavy (non-hydrogen) atoms. The lowest BCUT2D eigenvalue weighted by Gasteiger charge is -2.08. The normalized spacial score (nSPS) is 19.0. The van der Waals surface area contributed by atoms with Crippen LogP contribution in [0.1, 0.15) is 30.1 Å². The van der Waals surface area contributed by atoms with Gasteiger partial charge in [0.2, 0.25) is 0 Å². The first kappa shape index (κ1) is 12.3. The summed E-state index contributed by atoms with van der Waals surface area (Å²) in [6.07, 6.45) is 2.21. The number of nitrogens with zero attached hydrogens (tertiary/aromatic N) is 1. The maximum Gasteiger partial charge on any atom is 0.159 e. The summed E-state index contributed by atoms with van der Waals surface area (Å²) in [7, 11) is 0. The Morgan fingerprint density at radius 3 is 2.79 bits per heavy atom. The van der Waals surface area contributed by atoms with E-state index in [4.69, 9.17) is 0 Å². The van der Waals surface area contributed by atoms with Crippen LogP contribution in [0.2, 0.25) is 0 Å². The molecule has 1 fully saturated rings. The highest BCUT2D eigenvalue weighted by molar-refractivity contribution is 5.64. The third-order valence-corrected chi connectivity index (χ3v) is 3.65. The Balaban J connectivity index is 1.99. The number of hydrogen-bond donors (Lipinski definition) is 2. The molecule has 5 heteroatoms. The molecular weight excluding hydrogens is 248 g/mol. The Morgan fingerprint density at radius 1 is 1.26 bits per heavy atom. The molecule has 1 aliphatic rings. The summed E-state index contributed by atoms with van der Waals surface area (Å²) in [6, 6.07) is 4.15. The largest absolute Gasteiger partial charge is 0.309 e. The summed E-state index contributed by atoms with van der Waals surface area (Å²) in [5, 5.41) is 10.7. The first-order valence-corrected chi connectivity index (χ1v) is 6.40. The Labute approximate surface area is 110 Å². The average molecular weight is 263 g/mol. The smallest absolute Gasteiger partial charge is 0.159 e. The van der Waals surface area contributed by atoms with Crippen LogP contribution in [0.5, 0.6) is 0 Å². The van der Waals surface area contributed by atoms with Gasteiger partial charge in [0.05, 0.1) is 11.4 Å². The van der Waals surface area contributed by atoms with Gasteiger partial charge < -0.3 is 5.32 Å². The number of nitrogens with one attached hydrogen (secondary N) is 2. The van der Waals surface area contributed by atoms with Crippen molar-refractivity contribution < 1.29 is 8.78 Å². The number of aromatic nitrogens is 2. The fourth-order valence-corrected chi connectivity index (χ4v) is 2.61. The lowest BCUT2D eigenvalue weighted by Crippen LogP contribution is -2.14. The minimum Gasteiger partial charge on any atom is -0.309 e. The highest BCUT2D eigenvalue weighted by Crippen LogP contribution is 2.30. The van der Waals surface area contributed by atoms with Gasteiger partial charge in [-0.15, -0.1) is 0 Å². The molecule has 100 valence electrons. The van der Waals surface area contributed by atoms with Gasteiger partial charge in [-0.2, -0.15) is 5.10 Å². The van der Waals surface area contributed by atoms with Crippen LogP contribution in [-0.2, 0) is 0 Å². The molecule has 3 rings (SSSR count). The van der Waals surface area contributed by atoms with Crippen molar-refractivity contribution in [1.29, 1.82) is 0 Å². The molecule has 0 radical (unpaired) electrons. The fraction of sp³-hybridized carbons (Fsp3) is 0.357. The van der Waals surface area contributed by atoms with Crippen LogP contribution in [0.3, 0.4) is 0 Å². The molecule has 1 unspecified atom stereocenters. The molecule has 0 amide bonds. The third kappa shape index (κ3) is 2.14. The van der Waals surface area contributed by atoms with Gasteiger partial charge in [-0.05, 0) is 50.1 Å². The quantitative estimate of drug-likeness (QED) is 0.874. The number of hydrogen-bond acceptors (Lipinski definition) is 2. The highest BCUT2D eigenvalue weighted by atomic mass is 19.2. The van der Waals surface area contributed by atoms with E-state index in [1.54, 1.807) is 6.07 Å². The number of aromatic amines is 1. The second-order valence-electron chi connectivity index (χ2n) is 4.89. The topological polar surface area (TPSA) is 40.7 Å². The maximum atomic E-state index is 13.3. The van der Waals surface area contributed by atoms with Crippen LogP contribution in [0.25, 0.3) is 11.3 Å². The van der Waals surface area contributed by atoms with Crippen molar-refractivity contribution in [2.75, 3.05) is 6.54 Å². The van der Waals surface area contributed by atoms with Crippen molar-refractivity contribution in [3.05, 3.63) is 41.1 Å². The molecule has 2 aromatic rings. The van der Waals surface area contributed by atoms with Gasteiger partial charge in [0, 0.05) is 11.6 Å². The predicted octanol–water partition coefficient (Wildman–Crippen LogP) is 3.09. The SMILES string of the molecule is Cc1c(-c2ccc(F)c(F)c2)n[nH]c1C1CCCN1. The number of H-pyrrole nitrogens is 1. The maximum absolute atomic E-state index is 13.3. The molecule has 1 aromatic carbocycles. The average Bonchev–Trinajstić information content (AvgIpc) is 3.02. The van der Waals surface area contributed by atoms with E-state index in [0.717, 1.165) is 36.7 Å². The third-order valence-electron chi connectivity index (χ3n) is 3.65. The molecule has 1 aromatic heterocycles. The van der Waals surface area contributed by atoms with E-state index < -0.39 is 11.6 Å². The van der Waals surface area contributed by atoms with Crippen LogP contribution < -0.4 is 5.32 Å². The van der Waals surface area contributed by atoms with Gasteiger partial charge in [0.15, 0.2) is 11.6 Å². The Bertz CT molecular complexity index is 601. The van der Waals surface area contributed by atoms with Crippen molar-refractivity contribution in [2.24, 2.45) is 0 Å². The van der Waals surface area contributed by atoms with Gasteiger partial charge in [0.25, 0.3) is 0 Å². The summed E-state index contributed by atoms with van der Waals surface area (Å²) in [4.78, 5) is 0. The second-order valence-corrected chi connectivity index (χ2v) is 4.89. The number of benzene rings is 1. The molecule has 0 spiro atoms. The van der Waals surface area contributed by atoms with E-state index in [2.05, 4.69) is 15.5 Å². The standard InChI is InChI=1S/C14H15F2N3/c1-8-13(9-4-5-10(15)11(16)7-9)18-19-14(8)12-3-2-6-17-12/h4-5,7,12,17H,2-3,6H2,1H3,(H,18,19). The van der Waals surface area contributed by atoms with Crippen molar-refractivity contribution in [3.8, 4) is 11.3 Å². The van der Waals surface area contributed by atoms with Gasteiger partial charge in [-0.3, -0.25) is 5.10 Å². The van der Waals surface area contributed by atoms with Gasteiger partial charge in [-0.1, -0.05) is 0 Å². The second kappa shape index (κ2) is 4.74. The lowest BCUT2D eigenvalue weighted by molar-refractivity contribution is 0.509. The summed E-state index contributed by atoms with van der Waals surface area (Å²) >= 11 is 0. The van der Waals surface area contributed by atoms with Crippen LogP contribution in [0, 0.1) is 18.6 Å². The van der Waals surface area contributed by atoms with E-state index in [9.17, 15) is 8.78 Å². The molecule has 2 N–H and O–H groups in total. The summed E-state index contributed by atoms with van der Waals surface area (Å²) < 4.78 is 26.2. The van der Waals surface area contributed by atoms with Crippen LogP contribution in [-0.4, -0.2) is 16.7 Å². The van der Waals surface area contributed by atoms with Crippen LogP contribution >= 0.6 is 0 Å². The van der Waals surface area contributed by atoms with Gasteiger partial charge in [-0.25, -0.2) is 8.78 Å². The molecule has 1 aliphatic heterocycles. The van der Waals surface area contributed by atoms with Crippen molar-refractivity contribution in [1.82, 2.24) is 15.5 Å². The van der Waals surface area contributed by atoms with Gasteiger partial charge >= 0.3 is 0 Å². The van der Waals surface area contributed by atoms with Crippen LogP contribution in [0.15, 0.2) is 18.2 Å². The zero-order valence-electron chi connectivity index (χ0n) is 10.6. The minimum atomic E-state index is -0.847. The van der Waals surface area contributed by atoms with Gasteiger partial charge in [0.1, 0.15) is 0 Å². The monoisotopic (exact) mass is 263 g/mol. The van der Waals surface area contributed by atoms with E-state index >= 15 is 0 Å². The predicted molar refractivity (Wildman–Crippen MR) is 68.7 cm³/mol. The molecule has 3 nitrogen and oxygen atoms in total. The van der Waals surface area contributed by atoms with Crippen molar-refractivity contribution in [3.63, 3.8) is 0 Å². The van der Waals surface area contributed by atoms with E-state index in [-0.39, 0.29) is 6.04 Å². The number of halogens is 2. The molecule has 0 saturated carbocycles. The Morgan fingerprint density at radius 2 is 2.11 bits per heavy atom. The molecule has 1 saturated heterocycles. The van der Waals surface area contributed by atoms with E-state index in [1.807, 2.05) is 6.92 Å². The zero-order valence-corrected chi connectivity index (χ0v) is 10.6. The van der Waals surface area contributed by atoms with Crippen LogP contribution in [0.4, 0.5) is 8.78 Å². The number of rotatable bonds is 2. The molecular formula is C14H15F2N3. The Kier molecular flexibility index (Phi) is 3.06. The molecule has 0 aliphatic carbocycles.